The second-order valence-electron chi connectivity index (χ2n) is 5.80. The molecule has 0 bridgehead atoms. The summed E-state index contributed by atoms with van der Waals surface area (Å²) in [5.74, 6) is 0. The number of aliphatic hydroxyl groups is 2. The molecular formula is C17H36O6. The van der Waals surface area contributed by atoms with Crippen LogP contribution in [0.5, 0.6) is 0 Å². The van der Waals surface area contributed by atoms with Crippen molar-refractivity contribution < 1.29 is 29.2 Å². The van der Waals surface area contributed by atoms with Crippen LogP contribution in [0.4, 0.5) is 0 Å². The van der Waals surface area contributed by atoms with Gasteiger partial charge in [-0.25, -0.2) is 0 Å². The molecule has 0 saturated carbocycles. The van der Waals surface area contributed by atoms with Gasteiger partial charge in [0.2, 0.25) is 0 Å². The molecular weight excluding hydrogens is 300 g/mol. The summed E-state index contributed by atoms with van der Waals surface area (Å²) in [4.78, 5) is 0. The molecule has 140 valence electrons. The van der Waals surface area contributed by atoms with Gasteiger partial charge >= 0.3 is 0 Å². The van der Waals surface area contributed by atoms with Gasteiger partial charge in [-0.15, -0.1) is 0 Å². The standard InChI is InChI=1S/C17H36O6/c1-3-5-10-21-14-17(13-20-4-2,15-22-11-6-8-18)16-23-12-7-9-19/h18-19H,3-16H2,1-2H3. The molecule has 0 spiro atoms. The van der Waals surface area contributed by atoms with E-state index in [9.17, 15) is 0 Å². The van der Waals surface area contributed by atoms with Crippen molar-refractivity contribution in [1.82, 2.24) is 0 Å². The maximum atomic E-state index is 8.86. The van der Waals surface area contributed by atoms with Gasteiger partial charge in [0, 0.05) is 39.6 Å². The maximum absolute atomic E-state index is 8.86. The first-order valence-corrected chi connectivity index (χ1v) is 8.77. The van der Waals surface area contributed by atoms with Crippen molar-refractivity contribution in [3.63, 3.8) is 0 Å². The molecule has 0 atom stereocenters. The van der Waals surface area contributed by atoms with Crippen molar-refractivity contribution in [2.75, 3.05) is 66.1 Å². The summed E-state index contributed by atoms with van der Waals surface area (Å²) < 4.78 is 22.8. The van der Waals surface area contributed by atoms with Gasteiger partial charge in [-0.05, 0) is 26.2 Å². The van der Waals surface area contributed by atoms with Crippen LogP contribution in [0, 0.1) is 5.41 Å². The molecule has 0 aliphatic rings. The third kappa shape index (κ3) is 12.8. The summed E-state index contributed by atoms with van der Waals surface area (Å²) in [5.41, 5.74) is -0.353. The van der Waals surface area contributed by atoms with E-state index in [2.05, 4.69) is 6.92 Å². The number of ether oxygens (including phenoxy) is 4. The van der Waals surface area contributed by atoms with Crippen LogP contribution in [0.3, 0.4) is 0 Å². The van der Waals surface area contributed by atoms with Crippen molar-refractivity contribution in [1.29, 1.82) is 0 Å². The summed E-state index contributed by atoms with van der Waals surface area (Å²) >= 11 is 0. The highest BCUT2D eigenvalue weighted by Crippen LogP contribution is 2.21. The minimum absolute atomic E-state index is 0.123. The lowest BCUT2D eigenvalue weighted by Gasteiger charge is -2.33. The van der Waals surface area contributed by atoms with Crippen LogP contribution in [0.15, 0.2) is 0 Å². The summed E-state index contributed by atoms with van der Waals surface area (Å²) in [6.07, 6.45) is 3.36. The molecule has 0 saturated heterocycles. The predicted molar refractivity (Wildman–Crippen MR) is 89.7 cm³/mol. The molecule has 0 aromatic heterocycles. The van der Waals surface area contributed by atoms with Gasteiger partial charge < -0.3 is 29.2 Å². The van der Waals surface area contributed by atoms with Crippen LogP contribution in [-0.2, 0) is 18.9 Å². The van der Waals surface area contributed by atoms with E-state index in [0.717, 1.165) is 19.4 Å². The van der Waals surface area contributed by atoms with Crippen LogP contribution in [-0.4, -0.2) is 76.3 Å². The minimum atomic E-state index is -0.353. The van der Waals surface area contributed by atoms with E-state index >= 15 is 0 Å². The van der Waals surface area contributed by atoms with E-state index in [1.165, 1.54) is 0 Å². The smallest absolute Gasteiger partial charge is 0.0637 e. The van der Waals surface area contributed by atoms with Crippen molar-refractivity contribution in [3.8, 4) is 0 Å². The fourth-order valence-corrected chi connectivity index (χ4v) is 2.01. The summed E-state index contributed by atoms with van der Waals surface area (Å²) in [7, 11) is 0. The second kappa shape index (κ2) is 16.6. The van der Waals surface area contributed by atoms with Gasteiger partial charge in [0.05, 0.1) is 31.8 Å². The van der Waals surface area contributed by atoms with E-state index in [4.69, 9.17) is 29.2 Å². The van der Waals surface area contributed by atoms with E-state index in [1.807, 2.05) is 6.92 Å². The summed E-state index contributed by atoms with van der Waals surface area (Å²) in [5, 5.41) is 17.7. The Morgan fingerprint density at radius 1 is 0.652 bits per heavy atom. The number of aliphatic hydroxyl groups excluding tert-OH is 2. The van der Waals surface area contributed by atoms with Crippen LogP contribution in [0.2, 0.25) is 0 Å². The fraction of sp³-hybridized carbons (Fsp3) is 1.00. The average molecular weight is 336 g/mol. The Balaban J connectivity index is 4.51. The molecule has 6 nitrogen and oxygen atoms in total. The Morgan fingerprint density at radius 3 is 1.48 bits per heavy atom. The van der Waals surface area contributed by atoms with Gasteiger partial charge in [0.25, 0.3) is 0 Å². The summed E-state index contributed by atoms with van der Waals surface area (Å²) in [6, 6.07) is 0. The van der Waals surface area contributed by atoms with Gasteiger partial charge in [-0.2, -0.15) is 0 Å². The van der Waals surface area contributed by atoms with E-state index in [-0.39, 0.29) is 18.6 Å². The molecule has 6 heteroatoms. The Hall–Kier alpha value is -0.240. The summed E-state index contributed by atoms with van der Waals surface area (Å²) in [6.45, 7) is 8.68. The first kappa shape index (κ1) is 22.8. The monoisotopic (exact) mass is 336 g/mol. The Morgan fingerprint density at radius 2 is 1.09 bits per heavy atom. The zero-order valence-electron chi connectivity index (χ0n) is 14.9. The van der Waals surface area contributed by atoms with E-state index in [0.29, 0.717) is 59.1 Å². The van der Waals surface area contributed by atoms with Gasteiger partial charge in [0.15, 0.2) is 0 Å². The second-order valence-corrected chi connectivity index (χ2v) is 5.80. The molecule has 0 aromatic rings. The van der Waals surface area contributed by atoms with Crippen LogP contribution >= 0.6 is 0 Å². The minimum Gasteiger partial charge on any atom is -0.396 e. The third-order valence-corrected chi connectivity index (χ3v) is 3.37. The zero-order chi connectivity index (χ0) is 17.2. The zero-order valence-corrected chi connectivity index (χ0v) is 14.9. The van der Waals surface area contributed by atoms with Crippen LogP contribution in [0.1, 0.15) is 39.5 Å². The average Bonchev–Trinajstić information content (AvgIpc) is 2.57. The SMILES string of the molecule is CCCCOCC(COCC)(COCCCO)COCCCO. The van der Waals surface area contributed by atoms with Crippen molar-refractivity contribution in [2.45, 2.75) is 39.5 Å². The molecule has 23 heavy (non-hydrogen) atoms. The maximum Gasteiger partial charge on any atom is 0.0637 e. The quantitative estimate of drug-likeness (QED) is 0.370. The number of unbranched alkanes of at least 4 members (excludes halogenated alkanes) is 1. The largest absolute Gasteiger partial charge is 0.396 e. The number of hydrogen-bond donors (Lipinski definition) is 2. The molecule has 0 radical (unpaired) electrons. The fourth-order valence-electron chi connectivity index (χ4n) is 2.01. The lowest BCUT2D eigenvalue weighted by atomic mass is 9.92. The normalized spacial score (nSPS) is 12.0. The lowest BCUT2D eigenvalue weighted by molar-refractivity contribution is -0.107. The Labute approximate surface area is 141 Å². The highest BCUT2D eigenvalue weighted by Gasteiger charge is 2.32. The first-order valence-electron chi connectivity index (χ1n) is 8.77. The van der Waals surface area contributed by atoms with Gasteiger partial charge in [0.1, 0.15) is 0 Å². The first-order chi connectivity index (χ1) is 11.2. The van der Waals surface area contributed by atoms with Gasteiger partial charge in [-0.3, -0.25) is 0 Å². The van der Waals surface area contributed by atoms with E-state index in [1.54, 1.807) is 0 Å². The van der Waals surface area contributed by atoms with Crippen molar-refractivity contribution in [2.24, 2.45) is 5.41 Å². The molecule has 0 aromatic carbocycles. The third-order valence-electron chi connectivity index (χ3n) is 3.37. The van der Waals surface area contributed by atoms with Crippen LogP contribution in [0.25, 0.3) is 0 Å². The molecule has 0 rings (SSSR count). The highest BCUT2D eigenvalue weighted by atomic mass is 16.5. The van der Waals surface area contributed by atoms with Gasteiger partial charge in [-0.1, -0.05) is 13.3 Å². The Kier molecular flexibility index (Phi) is 16.4. The lowest BCUT2D eigenvalue weighted by Crippen LogP contribution is -2.42. The number of hydrogen-bond acceptors (Lipinski definition) is 6. The number of rotatable bonds is 18. The van der Waals surface area contributed by atoms with Crippen molar-refractivity contribution in [3.05, 3.63) is 0 Å². The molecule has 0 fully saturated rings. The molecule has 2 N–H and O–H groups in total. The molecule has 0 heterocycles. The van der Waals surface area contributed by atoms with Crippen molar-refractivity contribution >= 4 is 0 Å². The highest BCUT2D eigenvalue weighted by molar-refractivity contribution is 4.79. The van der Waals surface area contributed by atoms with E-state index < -0.39 is 0 Å². The van der Waals surface area contributed by atoms with Crippen LogP contribution < -0.4 is 0 Å². The topological polar surface area (TPSA) is 77.4 Å². The molecule has 0 aliphatic carbocycles. The Bertz CT molecular complexity index is 206. The molecule has 0 amide bonds. The molecule has 0 unspecified atom stereocenters. The predicted octanol–water partition coefficient (Wildman–Crippen LogP) is 1.62. The molecule has 0 aliphatic heterocycles.